The summed E-state index contributed by atoms with van der Waals surface area (Å²) in [5, 5.41) is 3.15. The molecular formula is C22H23BrN2O3. The predicted octanol–water partition coefficient (Wildman–Crippen LogP) is 4.84. The Morgan fingerprint density at radius 2 is 1.64 bits per heavy atom. The summed E-state index contributed by atoms with van der Waals surface area (Å²) < 4.78 is 6.56. The third-order valence-corrected chi connectivity index (χ3v) is 4.73. The van der Waals surface area contributed by atoms with Crippen LogP contribution >= 0.6 is 15.9 Å². The Labute approximate surface area is 173 Å². The number of halogens is 1. The minimum Gasteiger partial charge on any atom is -0.491 e. The lowest BCUT2D eigenvalue weighted by Crippen LogP contribution is -2.38. The molecule has 0 saturated heterocycles. The minimum absolute atomic E-state index is 0.0601. The highest BCUT2D eigenvalue weighted by molar-refractivity contribution is 9.10. The van der Waals surface area contributed by atoms with E-state index in [4.69, 9.17) is 4.74 Å². The van der Waals surface area contributed by atoms with Crippen molar-refractivity contribution in [1.29, 1.82) is 0 Å². The van der Waals surface area contributed by atoms with Crippen LogP contribution < -0.4 is 10.1 Å². The van der Waals surface area contributed by atoms with E-state index in [2.05, 4.69) is 21.2 Å². The average molecular weight is 443 g/mol. The summed E-state index contributed by atoms with van der Waals surface area (Å²) in [6.07, 6.45) is 0.0601. The zero-order chi connectivity index (χ0) is 20.4. The van der Waals surface area contributed by atoms with Gasteiger partial charge in [-0.2, -0.15) is 0 Å². The second kappa shape index (κ2) is 8.19. The van der Waals surface area contributed by atoms with E-state index in [9.17, 15) is 9.59 Å². The van der Waals surface area contributed by atoms with Gasteiger partial charge in [-0.05, 0) is 63.6 Å². The summed E-state index contributed by atoms with van der Waals surface area (Å²) in [6, 6.07) is 14.5. The first-order valence-electron chi connectivity index (χ1n) is 9.19. The molecule has 0 aliphatic carbocycles. The molecule has 0 bridgehead atoms. The van der Waals surface area contributed by atoms with Crippen LogP contribution in [-0.4, -0.2) is 28.9 Å². The monoisotopic (exact) mass is 442 g/mol. The van der Waals surface area contributed by atoms with Crippen LogP contribution in [0.4, 0.5) is 5.69 Å². The number of nitrogens with one attached hydrogen (secondary N) is 1. The Bertz CT molecular complexity index is 933. The predicted molar refractivity (Wildman–Crippen MR) is 114 cm³/mol. The number of anilines is 1. The number of imide groups is 1. The maximum Gasteiger partial charge on any atom is 0.278 e. The van der Waals surface area contributed by atoms with E-state index >= 15 is 0 Å². The summed E-state index contributed by atoms with van der Waals surface area (Å²) in [5.74, 6) is 0.103. The standard InChI is InChI=1S/C22H23BrN2O3/c1-13(2)25-21(26)19(15-8-10-18(11-9-15)28-14(3)4)20(22(25)27)24-17-7-5-6-16(23)12-17/h5-14,24H,1-4H3. The molecule has 2 aromatic rings. The Hall–Kier alpha value is -2.60. The first-order valence-corrected chi connectivity index (χ1v) is 9.99. The Morgan fingerprint density at radius 1 is 0.964 bits per heavy atom. The average Bonchev–Trinajstić information content (AvgIpc) is 2.85. The molecule has 3 rings (SSSR count). The highest BCUT2D eigenvalue weighted by Gasteiger charge is 2.40. The molecule has 0 unspecified atom stereocenters. The van der Waals surface area contributed by atoms with Gasteiger partial charge in [0.1, 0.15) is 11.4 Å². The van der Waals surface area contributed by atoms with Gasteiger partial charge in [0.25, 0.3) is 11.8 Å². The first-order chi connectivity index (χ1) is 13.3. The lowest BCUT2D eigenvalue weighted by Gasteiger charge is -2.19. The summed E-state index contributed by atoms with van der Waals surface area (Å²) >= 11 is 3.43. The van der Waals surface area contributed by atoms with Gasteiger partial charge in [0, 0.05) is 16.2 Å². The molecule has 1 aliphatic heterocycles. The number of hydrogen-bond donors (Lipinski definition) is 1. The maximum absolute atomic E-state index is 13.1. The van der Waals surface area contributed by atoms with Gasteiger partial charge >= 0.3 is 0 Å². The largest absolute Gasteiger partial charge is 0.491 e. The van der Waals surface area contributed by atoms with Crippen molar-refractivity contribution in [3.63, 3.8) is 0 Å². The number of rotatable bonds is 6. The van der Waals surface area contributed by atoms with Gasteiger partial charge < -0.3 is 10.1 Å². The van der Waals surface area contributed by atoms with Crippen LogP contribution in [0.15, 0.2) is 58.7 Å². The molecular weight excluding hydrogens is 420 g/mol. The lowest BCUT2D eigenvalue weighted by atomic mass is 10.0. The van der Waals surface area contributed by atoms with Gasteiger partial charge in [0.15, 0.2) is 0 Å². The Balaban J connectivity index is 2.04. The van der Waals surface area contributed by atoms with Crippen LogP contribution in [0.25, 0.3) is 5.57 Å². The molecule has 0 radical (unpaired) electrons. The van der Waals surface area contributed by atoms with Gasteiger partial charge in [-0.25, -0.2) is 0 Å². The molecule has 146 valence electrons. The fraction of sp³-hybridized carbons (Fsp3) is 0.273. The van der Waals surface area contributed by atoms with E-state index in [-0.39, 0.29) is 29.7 Å². The van der Waals surface area contributed by atoms with Crippen LogP contribution in [-0.2, 0) is 9.59 Å². The van der Waals surface area contributed by atoms with E-state index in [0.29, 0.717) is 11.1 Å². The zero-order valence-corrected chi connectivity index (χ0v) is 17.9. The van der Waals surface area contributed by atoms with Crippen molar-refractivity contribution in [3.8, 4) is 5.75 Å². The van der Waals surface area contributed by atoms with E-state index in [1.807, 2.05) is 76.2 Å². The number of benzene rings is 2. The van der Waals surface area contributed by atoms with Crippen LogP contribution in [0, 0.1) is 0 Å². The van der Waals surface area contributed by atoms with Gasteiger partial charge in [-0.15, -0.1) is 0 Å². The quantitative estimate of drug-likeness (QED) is 0.650. The lowest BCUT2D eigenvalue weighted by molar-refractivity contribution is -0.138. The fourth-order valence-electron chi connectivity index (χ4n) is 3.08. The topological polar surface area (TPSA) is 58.6 Å². The van der Waals surface area contributed by atoms with Crippen molar-refractivity contribution in [1.82, 2.24) is 4.90 Å². The smallest absolute Gasteiger partial charge is 0.278 e. The molecule has 1 aliphatic rings. The van der Waals surface area contributed by atoms with Crippen molar-refractivity contribution in [2.75, 3.05) is 5.32 Å². The van der Waals surface area contributed by atoms with Crippen molar-refractivity contribution < 1.29 is 14.3 Å². The van der Waals surface area contributed by atoms with Crippen molar-refractivity contribution >= 4 is 39.0 Å². The summed E-state index contributed by atoms with van der Waals surface area (Å²) in [4.78, 5) is 27.3. The fourth-order valence-corrected chi connectivity index (χ4v) is 3.48. The third kappa shape index (κ3) is 4.12. The molecule has 6 heteroatoms. The molecule has 5 nitrogen and oxygen atoms in total. The van der Waals surface area contributed by atoms with Gasteiger partial charge in [-0.3, -0.25) is 14.5 Å². The zero-order valence-electron chi connectivity index (χ0n) is 16.3. The number of carbonyl (C=O) groups is 2. The van der Waals surface area contributed by atoms with Crippen LogP contribution in [0.1, 0.15) is 33.3 Å². The van der Waals surface area contributed by atoms with Gasteiger partial charge in [0.2, 0.25) is 0 Å². The van der Waals surface area contributed by atoms with Crippen LogP contribution in [0.5, 0.6) is 5.75 Å². The highest BCUT2D eigenvalue weighted by atomic mass is 79.9. The second-order valence-corrected chi connectivity index (χ2v) is 8.07. The molecule has 0 atom stereocenters. The number of hydrogen-bond acceptors (Lipinski definition) is 4. The molecule has 2 amide bonds. The number of nitrogens with zero attached hydrogens (tertiary/aromatic N) is 1. The SMILES string of the molecule is CC(C)Oc1ccc(C2=C(Nc3cccc(Br)c3)C(=O)N(C(C)C)C2=O)cc1. The van der Waals surface area contributed by atoms with Crippen LogP contribution in [0.2, 0.25) is 0 Å². The van der Waals surface area contributed by atoms with Crippen molar-refractivity contribution in [2.45, 2.75) is 39.8 Å². The Morgan fingerprint density at radius 3 is 2.21 bits per heavy atom. The molecule has 28 heavy (non-hydrogen) atoms. The van der Waals surface area contributed by atoms with Crippen LogP contribution in [0.3, 0.4) is 0 Å². The molecule has 1 heterocycles. The molecule has 0 spiro atoms. The normalized spacial score (nSPS) is 14.5. The van der Waals surface area contributed by atoms with Crippen molar-refractivity contribution in [3.05, 3.63) is 64.3 Å². The third-order valence-electron chi connectivity index (χ3n) is 4.24. The van der Waals surface area contributed by atoms with Gasteiger partial charge in [-0.1, -0.05) is 34.1 Å². The van der Waals surface area contributed by atoms with E-state index in [0.717, 1.165) is 15.9 Å². The van der Waals surface area contributed by atoms with E-state index in [1.54, 1.807) is 0 Å². The second-order valence-electron chi connectivity index (χ2n) is 7.15. The highest BCUT2D eigenvalue weighted by Crippen LogP contribution is 2.33. The van der Waals surface area contributed by atoms with Gasteiger partial charge in [0.05, 0.1) is 11.7 Å². The van der Waals surface area contributed by atoms with E-state index < -0.39 is 0 Å². The summed E-state index contributed by atoms with van der Waals surface area (Å²) in [7, 11) is 0. The number of ether oxygens (including phenoxy) is 1. The molecule has 0 saturated carbocycles. The molecule has 1 N–H and O–H groups in total. The molecule has 0 aromatic heterocycles. The van der Waals surface area contributed by atoms with E-state index in [1.165, 1.54) is 4.90 Å². The number of amides is 2. The maximum atomic E-state index is 13.1. The summed E-state index contributed by atoms with van der Waals surface area (Å²) in [5.41, 5.74) is 2.06. The number of carbonyl (C=O) groups excluding carboxylic acids is 2. The molecule has 2 aromatic carbocycles. The summed E-state index contributed by atoms with van der Waals surface area (Å²) in [6.45, 7) is 7.57. The first kappa shape index (κ1) is 20.1. The Kier molecular flexibility index (Phi) is 5.89. The molecule has 0 fully saturated rings. The minimum atomic E-state index is -0.322. The van der Waals surface area contributed by atoms with Crippen molar-refractivity contribution in [2.24, 2.45) is 0 Å².